The molecule has 0 bridgehead atoms. The van der Waals surface area contributed by atoms with Gasteiger partial charge in [0.05, 0.1) is 0 Å². The highest BCUT2D eigenvalue weighted by Crippen LogP contribution is 2.23. The van der Waals surface area contributed by atoms with Crippen LogP contribution in [0.2, 0.25) is 0 Å². The first-order valence-corrected chi connectivity index (χ1v) is 4.69. The lowest BCUT2D eigenvalue weighted by atomic mass is 10.1. The Hall–Kier alpha value is -0.500. The van der Waals surface area contributed by atoms with E-state index in [1.165, 1.54) is 0 Å². The smallest absolute Gasteiger partial charge is 0.130 e. The summed E-state index contributed by atoms with van der Waals surface area (Å²) in [4.78, 5) is 1.02. The molecule has 1 rings (SSSR count). The maximum absolute atomic E-state index is 13.2. The number of aryl methyl sites for hydroxylation is 1. The SMILES string of the molecule is CSc1ccc(C)c(F)c1C. The van der Waals surface area contributed by atoms with Gasteiger partial charge in [-0.1, -0.05) is 6.07 Å². The minimum atomic E-state index is -0.0724. The molecule has 1 aromatic rings. The molecular formula is C9H11FS. The highest BCUT2D eigenvalue weighted by atomic mass is 32.2. The van der Waals surface area contributed by atoms with E-state index < -0.39 is 0 Å². The van der Waals surface area contributed by atoms with Crippen molar-refractivity contribution in [1.29, 1.82) is 0 Å². The van der Waals surface area contributed by atoms with E-state index >= 15 is 0 Å². The Morgan fingerprint density at radius 3 is 2.45 bits per heavy atom. The average Bonchev–Trinajstić information content (AvgIpc) is 2.01. The van der Waals surface area contributed by atoms with Crippen molar-refractivity contribution in [2.24, 2.45) is 0 Å². The number of benzene rings is 1. The number of halogens is 1. The number of rotatable bonds is 1. The lowest BCUT2D eigenvalue weighted by Gasteiger charge is -2.04. The van der Waals surface area contributed by atoms with E-state index in [1.807, 2.05) is 25.3 Å². The largest absolute Gasteiger partial charge is 0.206 e. The summed E-state index contributed by atoms with van der Waals surface area (Å²) in [6.07, 6.45) is 1.96. The summed E-state index contributed by atoms with van der Waals surface area (Å²) < 4.78 is 13.2. The second-order valence-electron chi connectivity index (χ2n) is 2.52. The number of hydrogen-bond acceptors (Lipinski definition) is 1. The summed E-state index contributed by atoms with van der Waals surface area (Å²) in [5.41, 5.74) is 1.48. The summed E-state index contributed by atoms with van der Waals surface area (Å²) >= 11 is 1.58. The molecule has 0 fully saturated rings. The van der Waals surface area contributed by atoms with Gasteiger partial charge in [-0.3, -0.25) is 0 Å². The molecule has 1 aromatic carbocycles. The van der Waals surface area contributed by atoms with Crippen LogP contribution >= 0.6 is 11.8 Å². The third kappa shape index (κ3) is 1.56. The molecule has 11 heavy (non-hydrogen) atoms. The van der Waals surface area contributed by atoms with Gasteiger partial charge in [-0.15, -0.1) is 11.8 Å². The van der Waals surface area contributed by atoms with E-state index in [0.29, 0.717) is 0 Å². The van der Waals surface area contributed by atoms with E-state index in [9.17, 15) is 4.39 Å². The summed E-state index contributed by atoms with van der Waals surface area (Å²) in [5.74, 6) is -0.0724. The molecule has 0 N–H and O–H groups in total. The van der Waals surface area contributed by atoms with Gasteiger partial charge in [0, 0.05) is 4.90 Å². The van der Waals surface area contributed by atoms with E-state index in [0.717, 1.165) is 16.0 Å². The van der Waals surface area contributed by atoms with Crippen LogP contribution in [-0.2, 0) is 0 Å². The van der Waals surface area contributed by atoms with Crippen LogP contribution < -0.4 is 0 Å². The minimum Gasteiger partial charge on any atom is -0.206 e. The fraction of sp³-hybridized carbons (Fsp3) is 0.333. The first-order chi connectivity index (χ1) is 5.16. The van der Waals surface area contributed by atoms with Crippen molar-refractivity contribution in [2.75, 3.05) is 6.26 Å². The van der Waals surface area contributed by atoms with Gasteiger partial charge in [-0.05, 0) is 37.3 Å². The zero-order valence-electron chi connectivity index (χ0n) is 6.94. The zero-order valence-corrected chi connectivity index (χ0v) is 7.76. The minimum absolute atomic E-state index is 0.0724. The van der Waals surface area contributed by atoms with Gasteiger partial charge in [-0.25, -0.2) is 4.39 Å². The van der Waals surface area contributed by atoms with Crippen LogP contribution in [0.25, 0.3) is 0 Å². The molecule has 0 nitrogen and oxygen atoms in total. The predicted octanol–water partition coefficient (Wildman–Crippen LogP) is 3.16. The van der Waals surface area contributed by atoms with Gasteiger partial charge < -0.3 is 0 Å². The van der Waals surface area contributed by atoms with Crippen molar-refractivity contribution in [3.63, 3.8) is 0 Å². The fourth-order valence-electron chi connectivity index (χ4n) is 1.02. The molecule has 0 unspecified atom stereocenters. The van der Waals surface area contributed by atoms with E-state index in [4.69, 9.17) is 0 Å². The number of thioether (sulfide) groups is 1. The van der Waals surface area contributed by atoms with Crippen molar-refractivity contribution in [3.8, 4) is 0 Å². The van der Waals surface area contributed by atoms with Crippen molar-refractivity contribution in [1.82, 2.24) is 0 Å². The second-order valence-corrected chi connectivity index (χ2v) is 3.37. The van der Waals surface area contributed by atoms with E-state index in [1.54, 1.807) is 18.7 Å². The van der Waals surface area contributed by atoms with Gasteiger partial charge in [0.25, 0.3) is 0 Å². The van der Waals surface area contributed by atoms with Gasteiger partial charge in [0.2, 0.25) is 0 Å². The Labute approximate surface area is 70.8 Å². The molecule has 0 saturated carbocycles. The third-order valence-electron chi connectivity index (χ3n) is 1.75. The molecule has 0 saturated heterocycles. The van der Waals surface area contributed by atoms with Crippen molar-refractivity contribution < 1.29 is 4.39 Å². The van der Waals surface area contributed by atoms with Crippen LogP contribution in [0.15, 0.2) is 17.0 Å². The first kappa shape index (κ1) is 8.60. The van der Waals surface area contributed by atoms with Gasteiger partial charge >= 0.3 is 0 Å². The summed E-state index contributed by atoms with van der Waals surface area (Å²) in [6, 6.07) is 3.77. The van der Waals surface area contributed by atoms with Crippen molar-refractivity contribution in [3.05, 3.63) is 29.1 Å². The maximum Gasteiger partial charge on any atom is 0.130 e. The van der Waals surface area contributed by atoms with E-state index in [2.05, 4.69) is 0 Å². The lowest BCUT2D eigenvalue weighted by Crippen LogP contribution is -1.89. The van der Waals surface area contributed by atoms with Crippen LogP contribution in [0.5, 0.6) is 0 Å². The molecule has 0 aliphatic carbocycles. The monoisotopic (exact) mass is 170 g/mol. The predicted molar refractivity (Wildman–Crippen MR) is 47.7 cm³/mol. The van der Waals surface area contributed by atoms with Gasteiger partial charge in [0.1, 0.15) is 5.82 Å². The van der Waals surface area contributed by atoms with Crippen LogP contribution in [0.1, 0.15) is 11.1 Å². The van der Waals surface area contributed by atoms with Crippen LogP contribution in [-0.4, -0.2) is 6.26 Å². The maximum atomic E-state index is 13.2. The van der Waals surface area contributed by atoms with Crippen LogP contribution in [0.4, 0.5) is 4.39 Å². The molecule has 0 aliphatic rings. The fourth-order valence-corrected chi connectivity index (χ4v) is 1.62. The quantitative estimate of drug-likeness (QED) is 0.583. The topological polar surface area (TPSA) is 0 Å². The van der Waals surface area contributed by atoms with Gasteiger partial charge in [0.15, 0.2) is 0 Å². The Morgan fingerprint density at radius 2 is 1.91 bits per heavy atom. The summed E-state index contributed by atoms with van der Waals surface area (Å²) in [5, 5.41) is 0. The molecule has 0 heterocycles. The Morgan fingerprint density at radius 1 is 1.27 bits per heavy atom. The molecule has 0 spiro atoms. The van der Waals surface area contributed by atoms with Crippen molar-refractivity contribution in [2.45, 2.75) is 18.7 Å². The normalized spacial score (nSPS) is 10.2. The molecule has 0 atom stereocenters. The molecular weight excluding hydrogens is 159 g/mol. The molecule has 60 valence electrons. The highest BCUT2D eigenvalue weighted by Gasteiger charge is 2.04. The Kier molecular flexibility index (Phi) is 2.55. The molecule has 0 aliphatic heterocycles. The lowest BCUT2D eigenvalue weighted by molar-refractivity contribution is 0.604. The van der Waals surface area contributed by atoms with Crippen molar-refractivity contribution >= 4 is 11.8 Å². The van der Waals surface area contributed by atoms with Gasteiger partial charge in [-0.2, -0.15) is 0 Å². The second kappa shape index (κ2) is 3.26. The van der Waals surface area contributed by atoms with Crippen LogP contribution in [0, 0.1) is 19.7 Å². The first-order valence-electron chi connectivity index (χ1n) is 3.46. The average molecular weight is 170 g/mol. The summed E-state index contributed by atoms with van der Waals surface area (Å²) in [7, 11) is 0. The summed E-state index contributed by atoms with van der Waals surface area (Å²) in [6.45, 7) is 3.60. The van der Waals surface area contributed by atoms with Crippen LogP contribution in [0.3, 0.4) is 0 Å². The molecule has 0 aromatic heterocycles. The molecule has 0 amide bonds. The Balaban J connectivity index is 3.25. The molecule has 2 heteroatoms. The van der Waals surface area contributed by atoms with E-state index in [-0.39, 0.29) is 5.82 Å². The Bertz CT molecular complexity index is 269. The standard InChI is InChI=1S/C9H11FS/c1-6-4-5-8(11-3)7(2)9(6)10/h4-5H,1-3H3. The highest BCUT2D eigenvalue weighted by molar-refractivity contribution is 7.98. The molecule has 0 radical (unpaired) electrons. The third-order valence-corrected chi connectivity index (χ3v) is 2.63. The number of hydrogen-bond donors (Lipinski definition) is 0. The zero-order chi connectivity index (χ0) is 8.43.